The lowest BCUT2D eigenvalue weighted by Crippen LogP contribution is -2.52. The number of aliphatic carboxylic acids is 1. The summed E-state index contributed by atoms with van der Waals surface area (Å²) in [5, 5.41) is 16.7. The summed E-state index contributed by atoms with van der Waals surface area (Å²) < 4.78 is 27.2. The molecule has 2 aliphatic rings. The van der Waals surface area contributed by atoms with Crippen LogP contribution in [-0.4, -0.2) is 32.3 Å². The molecule has 3 rings (SSSR count). The maximum absolute atomic E-state index is 13.0. The minimum atomic E-state index is -2.65. The Morgan fingerprint density at radius 3 is 2.67 bits per heavy atom. The van der Waals surface area contributed by atoms with Gasteiger partial charge in [0.05, 0.1) is 5.69 Å². The number of hydrogen-bond donors (Lipinski definition) is 2. The van der Waals surface area contributed by atoms with E-state index in [0.717, 1.165) is 19.3 Å². The van der Waals surface area contributed by atoms with Gasteiger partial charge in [0.15, 0.2) is 0 Å². The van der Waals surface area contributed by atoms with Crippen LogP contribution in [0.4, 0.5) is 8.78 Å². The summed E-state index contributed by atoms with van der Waals surface area (Å²) >= 11 is 0. The van der Waals surface area contributed by atoms with Crippen LogP contribution in [0.15, 0.2) is 12.3 Å². The van der Waals surface area contributed by atoms with Gasteiger partial charge in [0.25, 0.3) is 5.92 Å². The number of nitrogens with one attached hydrogen (secondary N) is 1. The molecule has 0 saturated heterocycles. The number of aromatic nitrogens is 2. The SMILES string of the molecule is O=C(O)C1(NCc2ccn(C3CC3(F)F)n2)CCCCC1. The molecule has 21 heavy (non-hydrogen) atoms. The van der Waals surface area contributed by atoms with Gasteiger partial charge in [0.1, 0.15) is 11.6 Å². The van der Waals surface area contributed by atoms with Gasteiger partial charge in [-0.3, -0.25) is 14.8 Å². The van der Waals surface area contributed by atoms with E-state index in [0.29, 0.717) is 18.5 Å². The Labute approximate surface area is 121 Å². The number of carboxylic acids is 1. The molecule has 2 N–H and O–H groups in total. The zero-order chi connectivity index (χ0) is 15.1. The van der Waals surface area contributed by atoms with E-state index in [2.05, 4.69) is 10.4 Å². The van der Waals surface area contributed by atoms with Gasteiger partial charge in [0.2, 0.25) is 0 Å². The van der Waals surface area contributed by atoms with Crippen molar-refractivity contribution >= 4 is 5.97 Å². The average molecular weight is 299 g/mol. The Morgan fingerprint density at radius 2 is 2.10 bits per heavy atom. The molecule has 1 aromatic rings. The molecule has 0 spiro atoms. The maximum Gasteiger partial charge on any atom is 0.323 e. The van der Waals surface area contributed by atoms with Crippen molar-refractivity contribution in [3.05, 3.63) is 18.0 Å². The van der Waals surface area contributed by atoms with Crippen molar-refractivity contribution < 1.29 is 18.7 Å². The van der Waals surface area contributed by atoms with Crippen molar-refractivity contribution in [2.75, 3.05) is 0 Å². The minimum Gasteiger partial charge on any atom is -0.480 e. The van der Waals surface area contributed by atoms with Crippen molar-refractivity contribution in [2.24, 2.45) is 0 Å². The van der Waals surface area contributed by atoms with Crippen molar-refractivity contribution in [3.63, 3.8) is 0 Å². The maximum atomic E-state index is 13.0. The lowest BCUT2D eigenvalue weighted by atomic mass is 9.81. The molecule has 7 heteroatoms. The van der Waals surface area contributed by atoms with Crippen LogP contribution in [0.2, 0.25) is 0 Å². The molecule has 0 aliphatic heterocycles. The van der Waals surface area contributed by atoms with Crippen LogP contribution in [0, 0.1) is 0 Å². The third-order valence-corrected chi connectivity index (χ3v) is 4.50. The molecule has 2 aliphatic carbocycles. The fourth-order valence-corrected chi connectivity index (χ4v) is 3.01. The Kier molecular flexibility index (Phi) is 3.47. The highest BCUT2D eigenvalue weighted by Crippen LogP contribution is 2.52. The highest BCUT2D eigenvalue weighted by atomic mass is 19.3. The third-order valence-electron chi connectivity index (χ3n) is 4.50. The normalized spacial score (nSPS) is 26.5. The van der Waals surface area contributed by atoms with Crippen molar-refractivity contribution in [3.8, 4) is 0 Å². The molecular formula is C14H19F2N3O2. The van der Waals surface area contributed by atoms with Gasteiger partial charge in [-0.15, -0.1) is 0 Å². The quantitative estimate of drug-likeness (QED) is 0.876. The summed E-state index contributed by atoms with van der Waals surface area (Å²) in [7, 11) is 0. The zero-order valence-corrected chi connectivity index (χ0v) is 11.7. The van der Waals surface area contributed by atoms with Crippen LogP contribution in [-0.2, 0) is 11.3 Å². The number of alkyl halides is 2. The third kappa shape index (κ3) is 2.79. The molecule has 1 aromatic heterocycles. The van der Waals surface area contributed by atoms with Crippen LogP contribution < -0.4 is 5.32 Å². The van der Waals surface area contributed by atoms with Crippen LogP contribution >= 0.6 is 0 Å². The van der Waals surface area contributed by atoms with E-state index in [4.69, 9.17) is 0 Å². The highest BCUT2D eigenvalue weighted by Gasteiger charge is 2.59. The minimum absolute atomic E-state index is 0.166. The lowest BCUT2D eigenvalue weighted by molar-refractivity contribution is -0.146. The summed E-state index contributed by atoms with van der Waals surface area (Å²) in [4.78, 5) is 11.5. The summed E-state index contributed by atoms with van der Waals surface area (Å²) in [5.74, 6) is -3.49. The first kappa shape index (κ1) is 14.4. The predicted octanol–water partition coefficient (Wildman–Crippen LogP) is 2.34. The number of carbonyl (C=O) groups is 1. The van der Waals surface area contributed by atoms with Gasteiger partial charge in [-0.2, -0.15) is 5.10 Å². The van der Waals surface area contributed by atoms with E-state index in [-0.39, 0.29) is 13.0 Å². The molecule has 0 amide bonds. The second kappa shape index (κ2) is 5.05. The van der Waals surface area contributed by atoms with Crippen LogP contribution in [0.1, 0.15) is 50.3 Å². The Morgan fingerprint density at radius 1 is 1.43 bits per heavy atom. The van der Waals surface area contributed by atoms with Crippen LogP contribution in [0.5, 0.6) is 0 Å². The van der Waals surface area contributed by atoms with Crippen LogP contribution in [0.25, 0.3) is 0 Å². The fourth-order valence-electron chi connectivity index (χ4n) is 3.01. The summed E-state index contributed by atoms with van der Waals surface area (Å²) in [5.41, 5.74) is -0.296. The molecule has 1 heterocycles. The summed E-state index contributed by atoms with van der Waals surface area (Å²) in [6, 6.07) is 0.828. The fraction of sp³-hybridized carbons (Fsp3) is 0.714. The van der Waals surface area contributed by atoms with E-state index in [1.807, 2.05) is 0 Å². The predicted molar refractivity (Wildman–Crippen MR) is 71.1 cm³/mol. The highest BCUT2D eigenvalue weighted by molar-refractivity contribution is 5.78. The monoisotopic (exact) mass is 299 g/mol. The zero-order valence-electron chi connectivity index (χ0n) is 11.7. The average Bonchev–Trinajstić information content (AvgIpc) is 2.88. The van der Waals surface area contributed by atoms with Gasteiger partial charge in [-0.05, 0) is 18.9 Å². The van der Waals surface area contributed by atoms with Crippen molar-refractivity contribution in [2.45, 2.75) is 62.6 Å². The van der Waals surface area contributed by atoms with Gasteiger partial charge in [0, 0.05) is 19.2 Å². The number of nitrogens with zero attached hydrogens (tertiary/aromatic N) is 2. The van der Waals surface area contributed by atoms with Gasteiger partial charge in [-0.1, -0.05) is 19.3 Å². The Hall–Kier alpha value is -1.50. The topological polar surface area (TPSA) is 67.2 Å². The largest absolute Gasteiger partial charge is 0.480 e. The Bertz CT molecular complexity index is 538. The lowest BCUT2D eigenvalue weighted by Gasteiger charge is -2.33. The smallest absolute Gasteiger partial charge is 0.323 e. The standard InChI is InChI=1S/C14H19F2N3O2/c15-14(16)8-11(14)19-7-4-10(18-19)9-17-13(12(20)21)5-2-1-3-6-13/h4,7,11,17H,1-3,5-6,8-9H2,(H,20,21). The molecule has 2 fully saturated rings. The first-order chi connectivity index (χ1) is 9.93. The molecule has 1 atom stereocenters. The van der Waals surface area contributed by atoms with Gasteiger partial charge < -0.3 is 5.11 Å². The van der Waals surface area contributed by atoms with Crippen molar-refractivity contribution in [1.82, 2.24) is 15.1 Å². The second-order valence-electron chi connectivity index (χ2n) is 6.07. The van der Waals surface area contributed by atoms with E-state index in [1.54, 1.807) is 6.07 Å². The molecule has 0 bridgehead atoms. The van der Waals surface area contributed by atoms with Gasteiger partial charge in [-0.25, -0.2) is 8.78 Å². The van der Waals surface area contributed by atoms with E-state index >= 15 is 0 Å². The molecule has 0 radical (unpaired) electrons. The number of carboxylic acid groups (broad SMARTS) is 1. The van der Waals surface area contributed by atoms with Crippen LogP contribution in [0.3, 0.4) is 0 Å². The summed E-state index contributed by atoms with van der Waals surface area (Å²) in [6.07, 6.45) is 5.41. The first-order valence-corrected chi connectivity index (χ1v) is 7.33. The van der Waals surface area contributed by atoms with Gasteiger partial charge >= 0.3 is 5.97 Å². The molecule has 2 saturated carbocycles. The van der Waals surface area contributed by atoms with E-state index in [9.17, 15) is 18.7 Å². The first-order valence-electron chi connectivity index (χ1n) is 7.33. The van der Waals surface area contributed by atoms with E-state index in [1.165, 1.54) is 10.9 Å². The number of rotatable bonds is 5. The molecule has 116 valence electrons. The number of halogens is 2. The number of hydrogen-bond acceptors (Lipinski definition) is 3. The Balaban J connectivity index is 1.63. The molecule has 1 unspecified atom stereocenters. The molecule has 0 aromatic carbocycles. The molecular weight excluding hydrogens is 280 g/mol. The summed E-state index contributed by atoms with van der Waals surface area (Å²) in [6.45, 7) is 0.289. The van der Waals surface area contributed by atoms with Crippen molar-refractivity contribution in [1.29, 1.82) is 0 Å². The molecule has 5 nitrogen and oxygen atoms in total. The van der Waals surface area contributed by atoms with E-state index < -0.39 is 23.5 Å². The second-order valence-corrected chi connectivity index (χ2v) is 6.07.